The Balaban J connectivity index is 1.90. The summed E-state index contributed by atoms with van der Waals surface area (Å²) in [4.78, 5) is 28.3. The number of nitrogens with one attached hydrogen (secondary N) is 1. The van der Waals surface area contributed by atoms with E-state index in [0.717, 1.165) is 25.7 Å². The van der Waals surface area contributed by atoms with Gasteiger partial charge in [-0.25, -0.2) is 13.2 Å². The molecular formula is C16H22N2O6S. The van der Waals surface area contributed by atoms with E-state index >= 15 is 0 Å². The van der Waals surface area contributed by atoms with Crippen LogP contribution in [0.2, 0.25) is 0 Å². The number of carbonyl (C=O) groups is 2. The van der Waals surface area contributed by atoms with Gasteiger partial charge in [-0.1, -0.05) is 17.3 Å². The van der Waals surface area contributed by atoms with E-state index in [1.54, 1.807) is 0 Å². The molecule has 1 aromatic carbocycles. The van der Waals surface area contributed by atoms with Crippen molar-refractivity contribution in [2.45, 2.75) is 36.6 Å². The molecule has 9 heteroatoms. The van der Waals surface area contributed by atoms with Crippen molar-refractivity contribution in [3.63, 3.8) is 0 Å². The zero-order valence-corrected chi connectivity index (χ0v) is 15.0. The van der Waals surface area contributed by atoms with Gasteiger partial charge in [0.15, 0.2) is 6.61 Å². The molecule has 0 heterocycles. The second-order valence-electron chi connectivity index (χ2n) is 5.75. The van der Waals surface area contributed by atoms with E-state index in [2.05, 4.69) is 10.2 Å². The van der Waals surface area contributed by atoms with Crippen LogP contribution in [0.5, 0.6) is 0 Å². The lowest BCUT2D eigenvalue weighted by Gasteiger charge is -2.14. The van der Waals surface area contributed by atoms with E-state index in [4.69, 9.17) is 4.74 Å². The molecule has 1 saturated carbocycles. The number of sulfonamides is 1. The van der Waals surface area contributed by atoms with Crippen molar-refractivity contribution in [1.82, 2.24) is 9.79 Å². The number of amides is 1. The van der Waals surface area contributed by atoms with Crippen LogP contribution in [-0.4, -0.2) is 51.6 Å². The Morgan fingerprint density at radius 3 is 2.36 bits per heavy atom. The van der Waals surface area contributed by atoms with E-state index in [-0.39, 0.29) is 29.0 Å². The summed E-state index contributed by atoms with van der Waals surface area (Å²) in [7, 11) is -1.28. The molecule has 0 atom stereocenters. The Morgan fingerprint density at radius 2 is 1.80 bits per heavy atom. The molecule has 138 valence electrons. The first-order valence-electron chi connectivity index (χ1n) is 7.94. The topological polar surface area (TPSA) is 102 Å². The van der Waals surface area contributed by atoms with Gasteiger partial charge in [0, 0.05) is 13.1 Å². The van der Waals surface area contributed by atoms with Crippen molar-refractivity contribution < 1.29 is 27.6 Å². The van der Waals surface area contributed by atoms with Crippen molar-refractivity contribution in [3.05, 3.63) is 29.8 Å². The van der Waals surface area contributed by atoms with Crippen molar-refractivity contribution >= 4 is 21.9 Å². The number of benzene rings is 1. The summed E-state index contributed by atoms with van der Waals surface area (Å²) < 4.78 is 29.8. The Labute approximate surface area is 147 Å². The van der Waals surface area contributed by atoms with Crippen LogP contribution in [0, 0.1) is 0 Å². The Hall–Kier alpha value is -1.97. The number of hydrogen-bond acceptors (Lipinski definition) is 6. The van der Waals surface area contributed by atoms with Gasteiger partial charge in [-0.05, 0) is 37.1 Å². The normalized spacial score (nSPS) is 15.3. The van der Waals surface area contributed by atoms with Crippen LogP contribution in [0.25, 0.3) is 0 Å². The molecule has 1 aromatic rings. The average molecular weight is 370 g/mol. The van der Waals surface area contributed by atoms with Gasteiger partial charge < -0.3 is 10.1 Å². The maximum atomic E-state index is 12.1. The summed E-state index contributed by atoms with van der Waals surface area (Å²) in [6.07, 6.45) is 4.09. The fourth-order valence-electron chi connectivity index (χ4n) is 2.56. The Kier molecular flexibility index (Phi) is 6.51. The van der Waals surface area contributed by atoms with Crippen molar-refractivity contribution in [2.24, 2.45) is 0 Å². The van der Waals surface area contributed by atoms with Gasteiger partial charge in [-0.15, -0.1) is 0 Å². The first-order valence-corrected chi connectivity index (χ1v) is 9.38. The lowest BCUT2D eigenvalue weighted by Crippen LogP contribution is -2.35. The van der Waals surface area contributed by atoms with Gasteiger partial charge in [-0.2, -0.15) is 0 Å². The summed E-state index contributed by atoms with van der Waals surface area (Å²) in [6, 6.07) is 5.37. The molecule has 1 aliphatic carbocycles. The van der Waals surface area contributed by atoms with Crippen LogP contribution in [0.1, 0.15) is 36.0 Å². The van der Waals surface area contributed by atoms with Crippen molar-refractivity contribution in [2.75, 3.05) is 20.8 Å². The molecule has 1 N–H and O–H groups in total. The summed E-state index contributed by atoms with van der Waals surface area (Å²) in [6.45, 7) is -0.359. The minimum atomic E-state index is -3.78. The van der Waals surface area contributed by atoms with Gasteiger partial charge in [-0.3, -0.25) is 9.63 Å². The first-order chi connectivity index (χ1) is 11.8. The zero-order valence-electron chi connectivity index (χ0n) is 14.2. The molecule has 0 radical (unpaired) electrons. The van der Waals surface area contributed by atoms with Crippen LogP contribution >= 0.6 is 0 Å². The number of ether oxygens (including phenoxy) is 1. The van der Waals surface area contributed by atoms with Crippen LogP contribution < -0.4 is 5.32 Å². The van der Waals surface area contributed by atoms with Crippen LogP contribution in [0.4, 0.5) is 0 Å². The zero-order chi connectivity index (χ0) is 18.4. The predicted molar refractivity (Wildman–Crippen MR) is 89.1 cm³/mol. The SMILES string of the molecule is CON(C)S(=O)(=O)c1ccc(C(=O)OCC(=O)NC2CCCC2)cc1. The lowest BCUT2D eigenvalue weighted by atomic mass is 10.2. The summed E-state index contributed by atoms with van der Waals surface area (Å²) in [5, 5.41) is 2.82. The number of rotatable bonds is 7. The van der Waals surface area contributed by atoms with E-state index in [0.29, 0.717) is 4.47 Å². The molecule has 0 aliphatic heterocycles. The number of esters is 1. The lowest BCUT2D eigenvalue weighted by molar-refractivity contribution is -0.124. The second-order valence-corrected chi connectivity index (χ2v) is 7.68. The maximum absolute atomic E-state index is 12.1. The molecule has 1 amide bonds. The highest BCUT2D eigenvalue weighted by Gasteiger charge is 2.22. The molecule has 0 saturated heterocycles. The van der Waals surface area contributed by atoms with Crippen LogP contribution in [-0.2, 0) is 24.4 Å². The van der Waals surface area contributed by atoms with Gasteiger partial charge in [0.2, 0.25) is 0 Å². The number of nitrogens with zero attached hydrogens (tertiary/aromatic N) is 1. The molecule has 25 heavy (non-hydrogen) atoms. The summed E-state index contributed by atoms with van der Waals surface area (Å²) in [5.41, 5.74) is 0.160. The third-order valence-electron chi connectivity index (χ3n) is 4.04. The average Bonchev–Trinajstić information content (AvgIpc) is 3.11. The van der Waals surface area contributed by atoms with Crippen LogP contribution in [0.15, 0.2) is 29.2 Å². The number of carbonyl (C=O) groups excluding carboxylic acids is 2. The molecular weight excluding hydrogens is 348 g/mol. The van der Waals surface area contributed by atoms with E-state index in [9.17, 15) is 18.0 Å². The van der Waals surface area contributed by atoms with Crippen molar-refractivity contribution in [1.29, 1.82) is 0 Å². The molecule has 2 rings (SSSR count). The highest BCUT2D eigenvalue weighted by molar-refractivity contribution is 7.89. The Morgan fingerprint density at radius 1 is 1.20 bits per heavy atom. The Bertz CT molecular complexity index is 711. The minimum absolute atomic E-state index is 0.0209. The molecule has 0 bridgehead atoms. The second kappa shape index (κ2) is 8.41. The molecule has 1 aliphatic rings. The van der Waals surface area contributed by atoms with Crippen LogP contribution in [0.3, 0.4) is 0 Å². The largest absolute Gasteiger partial charge is 0.452 e. The monoisotopic (exact) mass is 370 g/mol. The molecule has 0 aromatic heterocycles. The fraction of sp³-hybridized carbons (Fsp3) is 0.500. The predicted octanol–water partition coefficient (Wildman–Crippen LogP) is 1.08. The number of hydroxylamine groups is 1. The van der Waals surface area contributed by atoms with E-state index < -0.39 is 16.0 Å². The molecule has 0 unspecified atom stereocenters. The van der Waals surface area contributed by atoms with E-state index in [1.807, 2.05) is 0 Å². The molecule has 8 nitrogen and oxygen atoms in total. The van der Waals surface area contributed by atoms with Gasteiger partial charge in [0.1, 0.15) is 0 Å². The third-order valence-corrected chi connectivity index (χ3v) is 5.73. The standard InChI is InChI=1S/C16H22N2O6S/c1-18(23-2)25(21,22)14-9-7-12(8-10-14)16(20)24-11-15(19)17-13-5-3-4-6-13/h7-10,13H,3-6,11H2,1-2H3,(H,17,19). The molecule has 1 fully saturated rings. The maximum Gasteiger partial charge on any atom is 0.338 e. The number of hydrogen-bond donors (Lipinski definition) is 1. The van der Waals surface area contributed by atoms with E-state index in [1.165, 1.54) is 38.4 Å². The highest BCUT2D eigenvalue weighted by Crippen LogP contribution is 2.18. The summed E-state index contributed by atoms with van der Waals surface area (Å²) >= 11 is 0. The van der Waals surface area contributed by atoms with Crippen molar-refractivity contribution in [3.8, 4) is 0 Å². The smallest absolute Gasteiger partial charge is 0.338 e. The van der Waals surface area contributed by atoms with Gasteiger partial charge in [0.25, 0.3) is 15.9 Å². The molecule has 0 spiro atoms. The highest BCUT2D eigenvalue weighted by atomic mass is 32.2. The fourth-order valence-corrected chi connectivity index (χ4v) is 3.54. The first kappa shape index (κ1) is 19.4. The quantitative estimate of drug-likeness (QED) is 0.569. The van der Waals surface area contributed by atoms with Gasteiger partial charge >= 0.3 is 5.97 Å². The summed E-state index contributed by atoms with van der Waals surface area (Å²) in [5.74, 6) is -1.02. The van der Waals surface area contributed by atoms with Gasteiger partial charge in [0.05, 0.1) is 17.6 Å². The third kappa shape index (κ3) is 5.00. The minimum Gasteiger partial charge on any atom is -0.452 e.